The molecule has 0 heteroatoms. The van der Waals surface area contributed by atoms with Crippen molar-refractivity contribution in [3.63, 3.8) is 0 Å². The van der Waals surface area contributed by atoms with E-state index in [0.717, 1.165) is 5.92 Å². The Morgan fingerprint density at radius 1 is 1.29 bits per heavy atom. The molecular weight excluding hydrogens is 168 g/mol. The number of benzene rings is 1. The number of hydrogen-bond donors (Lipinski definition) is 0. The Labute approximate surface area is 87.3 Å². The highest BCUT2D eigenvalue weighted by molar-refractivity contribution is 5.43. The van der Waals surface area contributed by atoms with Gasteiger partial charge in [0.1, 0.15) is 0 Å². The van der Waals surface area contributed by atoms with Crippen LogP contribution >= 0.6 is 0 Å². The molecule has 14 heavy (non-hydrogen) atoms. The second-order valence-electron chi connectivity index (χ2n) is 4.58. The molecule has 0 heterocycles. The third kappa shape index (κ3) is 1.47. The van der Waals surface area contributed by atoms with Crippen LogP contribution in [0, 0.1) is 13.8 Å². The third-order valence-corrected chi connectivity index (χ3v) is 3.78. The van der Waals surface area contributed by atoms with E-state index in [0.29, 0.717) is 0 Å². The average molecular weight is 188 g/mol. The molecule has 0 nitrogen and oxygen atoms in total. The summed E-state index contributed by atoms with van der Waals surface area (Å²) in [5.41, 5.74) is 6.31. The Morgan fingerprint density at radius 3 is 2.79 bits per heavy atom. The molecule has 1 aliphatic carbocycles. The van der Waals surface area contributed by atoms with E-state index >= 15 is 0 Å². The first-order valence-corrected chi connectivity index (χ1v) is 5.83. The minimum atomic E-state index is 0.832. The summed E-state index contributed by atoms with van der Waals surface area (Å²) in [7, 11) is 0. The van der Waals surface area contributed by atoms with Gasteiger partial charge in [0.05, 0.1) is 0 Å². The Balaban J connectivity index is 2.53. The van der Waals surface area contributed by atoms with Crippen molar-refractivity contribution in [3.8, 4) is 0 Å². The largest absolute Gasteiger partial charge is 0.0648 e. The quantitative estimate of drug-likeness (QED) is 0.621. The summed E-state index contributed by atoms with van der Waals surface area (Å²) in [5, 5.41) is 0. The molecule has 0 spiro atoms. The van der Waals surface area contributed by atoms with Crippen LogP contribution in [0.3, 0.4) is 0 Å². The van der Waals surface area contributed by atoms with Crippen LogP contribution < -0.4 is 0 Å². The van der Waals surface area contributed by atoms with Crippen LogP contribution in [0.25, 0.3) is 0 Å². The van der Waals surface area contributed by atoms with Gasteiger partial charge in [0, 0.05) is 0 Å². The maximum atomic E-state index is 2.35. The van der Waals surface area contributed by atoms with Crippen LogP contribution in [0.15, 0.2) is 12.1 Å². The van der Waals surface area contributed by atoms with Crippen molar-refractivity contribution in [2.24, 2.45) is 0 Å². The normalized spacial score (nSPS) is 20.6. The van der Waals surface area contributed by atoms with Crippen LogP contribution in [-0.2, 0) is 6.42 Å². The van der Waals surface area contributed by atoms with Gasteiger partial charge in [0.2, 0.25) is 0 Å². The first kappa shape index (κ1) is 9.76. The lowest BCUT2D eigenvalue weighted by Gasteiger charge is -2.27. The van der Waals surface area contributed by atoms with E-state index < -0.39 is 0 Å². The lowest BCUT2D eigenvalue weighted by molar-refractivity contribution is 0.536. The smallest absolute Gasteiger partial charge is 0.0159 e. The van der Waals surface area contributed by atoms with Crippen LogP contribution in [0.4, 0.5) is 0 Å². The molecule has 0 bridgehead atoms. The fraction of sp³-hybridized carbons (Fsp3) is 0.571. The van der Waals surface area contributed by atoms with E-state index in [-0.39, 0.29) is 0 Å². The highest BCUT2D eigenvalue weighted by Gasteiger charge is 2.20. The third-order valence-electron chi connectivity index (χ3n) is 3.78. The standard InChI is InChI=1S/C14H20/c1-4-12-6-5-7-13-9-8-10(2)11(3)14(12)13/h8-9,12H,4-7H2,1-3H3. The highest BCUT2D eigenvalue weighted by atomic mass is 14.3. The molecule has 1 atom stereocenters. The topological polar surface area (TPSA) is 0 Å². The molecule has 1 unspecified atom stereocenters. The molecule has 0 amide bonds. The second-order valence-corrected chi connectivity index (χ2v) is 4.58. The fourth-order valence-corrected chi connectivity index (χ4v) is 2.77. The molecule has 0 N–H and O–H groups in total. The molecule has 1 aliphatic rings. The van der Waals surface area contributed by atoms with Gasteiger partial charge in [-0.25, -0.2) is 0 Å². The minimum absolute atomic E-state index is 0.832. The van der Waals surface area contributed by atoms with Crippen molar-refractivity contribution in [3.05, 3.63) is 34.4 Å². The Morgan fingerprint density at radius 2 is 2.07 bits per heavy atom. The monoisotopic (exact) mass is 188 g/mol. The van der Waals surface area contributed by atoms with Gasteiger partial charge >= 0.3 is 0 Å². The van der Waals surface area contributed by atoms with Crippen molar-refractivity contribution in [2.45, 2.75) is 52.4 Å². The first-order valence-electron chi connectivity index (χ1n) is 5.83. The van der Waals surface area contributed by atoms with Gasteiger partial charge in [-0.1, -0.05) is 19.1 Å². The van der Waals surface area contributed by atoms with Gasteiger partial charge in [0.15, 0.2) is 0 Å². The molecule has 0 aromatic heterocycles. The Hall–Kier alpha value is -0.780. The van der Waals surface area contributed by atoms with E-state index in [4.69, 9.17) is 0 Å². The Kier molecular flexibility index (Phi) is 2.62. The zero-order chi connectivity index (χ0) is 10.1. The van der Waals surface area contributed by atoms with E-state index in [2.05, 4.69) is 32.9 Å². The van der Waals surface area contributed by atoms with Crippen molar-refractivity contribution in [1.82, 2.24) is 0 Å². The van der Waals surface area contributed by atoms with E-state index in [1.165, 1.54) is 31.2 Å². The average Bonchev–Trinajstić information content (AvgIpc) is 2.23. The number of rotatable bonds is 1. The Bertz CT molecular complexity index is 336. The van der Waals surface area contributed by atoms with Gasteiger partial charge in [-0.3, -0.25) is 0 Å². The lowest BCUT2D eigenvalue weighted by Crippen LogP contribution is -2.11. The highest BCUT2D eigenvalue weighted by Crippen LogP contribution is 2.36. The number of aryl methyl sites for hydroxylation is 2. The molecule has 1 aromatic rings. The number of fused-ring (bicyclic) bond motifs is 1. The molecule has 0 radical (unpaired) electrons. The number of hydrogen-bond acceptors (Lipinski definition) is 0. The van der Waals surface area contributed by atoms with Crippen molar-refractivity contribution in [2.75, 3.05) is 0 Å². The molecule has 0 fully saturated rings. The summed E-state index contributed by atoms with van der Waals surface area (Å²) >= 11 is 0. The summed E-state index contributed by atoms with van der Waals surface area (Å²) in [6, 6.07) is 4.63. The first-order chi connectivity index (χ1) is 6.74. The van der Waals surface area contributed by atoms with E-state index in [1.807, 2.05) is 0 Å². The zero-order valence-corrected chi connectivity index (χ0v) is 9.56. The van der Waals surface area contributed by atoms with Gasteiger partial charge in [-0.05, 0) is 67.7 Å². The van der Waals surface area contributed by atoms with Gasteiger partial charge in [0.25, 0.3) is 0 Å². The summed E-state index contributed by atoms with van der Waals surface area (Å²) in [6.45, 7) is 6.85. The predicted octanol–water partition coefficient (Wildman–Crippen LogP) is 4.13. The lowest BCUT2D eigenvalue weighted by atomic mass is 9.78. The van der Waals surface area contributed by atoms with Crippen LogP contribution in [0.1, 0.15) is 54.4 Å². The predicted molar refractivity (Wildman–Crippen MR) is 61.9 cm³/mol. The van der Waals surface area contributed by atoms with Gasteiger partial charge in [-0.15, -0.1) is 0 Å². The summed E-state index contributed by atoms with van der Waals surface area (Å²) in [4.78, 5) is 0. The molecule has 76 valence electrons. The zero-order valence-electron chi connectivity index (χ0n) is 9.56. The molecule has 0 saturated heterocycles. The van der Waals surface area contributed by atoms with E-state index in [1.54, 1.807) is 16.7 Å². The maximum Gasteiger partial charge on any atom is -0.0159 e. The molecule has 0 saturated carbocycles. The summed E-state index contributed by atoms with van der Waals surface area (Å²) in [6.07, 6.45) is 5.38. The molecule has 1 aromatic carbocycles. The molecule has 2 rings (SSSR count). The van der Waals surface area contributed by atoms with Gasteiger partial charge < -0.3 is 0 Å². The van der Waals surface area contributed by atoms with Crippen LogP contribution in [0.2, 0.25) is 0 Å². The maximum absolute atomic E-state index is 2.35. The SMILES string of the molecule is CCC1CCCc2ccc(C)c(C)c21. The van der Waals surface area contributed by atoms with Crippen LogP contribution in [-0.4, -0.2) is 0 Å². The molecule has 0 aliphatic heterocycles. The summed E-state index contributed by atoms with van der Waals surface area (Å²) in [5.74, 6) is 0.832. The molecular formula is C14H20. The van der Waals surface area contributed by atoms with Crippen molar-refractivity contribution in [1.29, 1.82) is 0 Å². The summed E-state index contributed by atoms with van der Waals surface area (Å²) < 4.78 is 0. The second kappa shape index (κ2) is 3.76. The van der Waals surface area contributed by atoms with Crippen LogP contribution in [0.5, 0.6) is 0 Å². The van der Waals surface area contributed by atoms with E-state index in [9.17, 15) is 0 Å². The van der Waals surface area contributed by atoms with Crippen molar-refractivity contribution >= 4 is 0 Å². The minimum Gasteiger partial charge on any atom is -0.0648 e. The van der Waals surface area contributed by atoms with Crippen molar-refractivity contribution < 1.29 is 0 Å². The fourth-order valence-electron chi connectivity index (χ4n) is 2.77. The van der Waals surface area contributed by atoms with Gasteiger partial charge in [-0.2, -0.15) is 0 Å².